The minimum absolute atomic E-state index is 0.0468. The highest BCUT2D eigenvalue weighted by Gasteiger charge is 2.18. The van der Waals surface area contributed by atoms with Crippen molar-refractivity contribution in [2.45, 2.75) is 13.0 Å². The first-order valence-corrected chi connectivity index (χ1v) is 6.06. The highest BCUT2D eigenvalue weighted by Crippen LogP contribution is 2.31. The Morgan fingerprint density at radius 2 is 1.95 bits per heavy atom. The Bertz CT molecular complexity index is 662. The summed E-state index contributed by atoms with van der Waals surface area (Å²) in [7, 11) is 0. The maximum Gasteiger partial charge on any atom is 0.270 e. The number of para-hydroxylation sites is 1. The predicted octanol–water partition coefficient (Wildman–Crippen LogP) is 3.85. The van der Waals surface area contributed by atoms with Gasteiger partial charge >= 0.3 is 0 Å². The van der Waals surface area contributed by atoms with Gasteiger partial charge in [-0.1, -0.05) is 18.2 Å². The van der Waals surface area contributed by atoms with Gasteiger partial charge in [0.2, 0.25) is 0 Å². The number of rotatable bonds is 5. The fourth-order valence-electron chi connectivity index (χ4n) is 1.86. The summed E-state index contributed by atoms with van der Waals surface area (Å²) in [4.78, 5) is 9.89. The van der Waals surface area contributed by atoms with E-state index in [4.69, 9.17) is 0 Å². The molecular formula is C14H12F2N2O3. The lowest BCUT2D eigenvalue weighted by atomic mass is 10.1. The van der Waals surface area contributed by atoms with Gasteiger partial charge in [-0.05, 0) is 12.1 Å². The second kappa shape index (κ2) is 6.17. The molecule has 0 saturated carbocycles. The first-order valence-electron chi connectivity index (χ1n) is 6.06. The van der Waals surface area contributed by atoms with Crippen LogP contribution in [0.15, 0.2) is 42.5 Å². The molecule has 0 aromatic heterocycles. The number of phenols is 1. The summed E-state index contributed by atoms with van der Waals surface area (Å²) in [5.74, 6) is 0.0468. The van der Waals surface area contributed by atoms with Crippen LogP contribution < -0.4 is 5.32 Å². The van der Waals surface area contributed by atoms with Gasteiger partial charge in [-0.15, -0.1) is 0 Å². The number of nitrogens with one attached hydrogen (secondary N) is 1. The van der Waals surface area contributed by atoms with Crippen LogP contribution in [0.25, 0.3) is 0 Å². The van der Waals surface area contributed by atoms with Crippen LogP contribution in [0.2, 0.25) is 0 Å². The molecule has 0 saturated heterocycles. The van der Waals surface area contributed by atoms with E-state index < -0.39 is 22.6 Å². The first-order chi connectivity index (χ1) is 9.99. The zero-order chi connectivity index (χ0) is 15.4. The maximum atomic E-state index is 13.0. The van der Waals surface area contributed by atoms with Gasteiger partial charge in [0.25, 0.3) is 12.1 Å². The van der Waals surface area contributed by atoms with Gasteiger partial charge in [-0.3, -0.25) is 10.1 Å². The number of aromatic hydroxyl groups is 1. The first kappa shape index (κ1) is 14.7. The molecule has 2 N–H and O–H groups in total. The second-order valence-electron chi connectivity index (χ2n) is 4.31. The number of alkyl halides is 2. The van der Waals surface area contributed by atoms with Gasteiger partial charge in [0.05, 0.1) is 4.92 Å². The van der Waals surface area contributed by atoms with Crippen molar-refractivity contribution in [3.05, 3.63) is 63.7 Å². The van der Waals surface area contributed by atoms with Crippen LogP contribution in [0.3, 0.4) is 0 Å². The number of nitrogens with zero attached hydrogens (tertiary/aromatic N) is 1. The average Bonchev–Trinajstić information content (AvgIpc) is 2.46. The van der Waals surface area contributed by atoms with Crippen molar-refractivity contribution in [2.24, 2.45) is 0 Å². The summed E-state index contributed by atoms with van der Waals surface area (Å²) in [6.45, 7) is 0.129. The van der Waals surface area contributed by atoms with E-state index >= 15 is 0 Å². The van der Waals surface area contributed by atoms with Gasteiger partial charge in [-0.25, -0.2) is 8.78 Å². The average molecular weight is 294 g/mol. The number of hydrogen-bond acceptors (Lipinski definition) is 4. The fourth-order valence-corrected chi connectivity index (χ4v) is 1.86. The lowest BCUT2D eigenvalue weighted by Crippen LogP contribution is -2.04. The monoisotopic (exact) mass is 294 g/mol. The quantitative estimate of drug-likeness (QED) is 0.648. The van der Waals surface area contributed by atoms with Crippen LogP contribution in [0.4, 0.5) is 20.2 Å². The molecule has 0 heterocycles. The van der Waals surface area contributed by atoms with E-state index in [1.54, 1.807) is 18.2 Å². The molecular weight excluding hydrogens is 282 g/mol. The molecule has 21 heavy (non-hydrogen) atoms. The van der Waals surface area contributed by atoms with Crippen LogP contribution in [0.5, 0.6) is 5.75 Å². The van der Waals surface area contributed by atoms with Crippen LogP contribution in [-0.4, -0.2) is 10.0 Å². The van der Waals surface area contributed by atoms with E-state index in [1.807, 2.05) is 0 Å². The van der Waals surface area contributed by atoms with E-state index in [-0.39, 0.29) is 18.0 Å². The number of nitro groups is 1. The summed E-state index contributed by atoms with van der Waals surface area (Å²) in [6.07, 6.45) is -2.84. The summed E-state index contributed by atoms with van der Waals surface area (Å²) in [6, 6.07) is 9.73. The van der Waals surface area contributed by atoms with E-state index in [9.17, 15) is 24.0 Å². The molecule has 0 atom stereocenters. The molecule has 5 nitrogen and oxygen atoms in total. The van der Waals surface area contributed by atoms with Crippen molar-refractivity contribution in [1.29, 1.82) is 0 Å². The minimum Gasteiger partial charge on any atom is -0.508 e. The van der Waals surface area contributed by atoms with Crippen molar-refractivity contribution in [1.82, 2.24) is 0 Å². The third-order valence-electron chi connectivity index (χ3n) is 2.94. The third-order valence-corrected chi connectivity index (χ3v) is 2.94. The molecule has 2 aromatic rings. The molecule has 7 heteroatoms. The molecule has 0 aliphatic carbocycles. The van der Waals surface area contributed by atoms with Crippen molar-refractivity contribution in [3.8, 4) is 5.75 Å². The standard InChI is InChI=1S/C14H12F2N2O3/c15-14(16)11-7-10(18(20)21)5-6-12(11)17-8-9-3-1-2-4-13(9)19/h1-7,14,17,19H,8H2. The normalized spacial score (nSPS) is 10.6. The van der Waals surface area contributed by atoms with Crippen molar-refractivity contribution in [3.63, 3.8) is 0 Å². The van der Waals surface area contributed by atoms with Gasteiger partial charge in [-0.2, -0.15) is 0 Å². The molecule has 0 unspecified atom stereocenters. The Hall–Kier alpha value is -2.70. The number of non-ortho nitro benzene ring substituents is 1. The second-order valence-corrected chi connectivity index (χ2v) is 4.31. The Balaban J connectivity index is 2.23. The minimum atomic E-state index is -2.84. The molecule has 0 fully saturated rings. The zero-order valence-electron chi connectivity index (χ0n) is 10.8. The molecule has 0 spiro atoms. The lowest BCUT2D eigenvalue weighted by molar-refractivity contribution is -0.385. The topological polar surface area (TPSA) is 75.4 Å². The molecule has 0 aliphatic rings. The van der Waals surface area contributed by atoms with E-state index in [0.717, 1.165) is 12.1 Å². The van der Waals surface area contributed by atoms with Gasteiger partial charge in [0.15, 0.2) is 0 Å². The molecule has 0 aliphatic heterocycles. The summed E-state index contributed by atoms with van der Waals surface area (Å²) in [5, 5.41) is 23.0. The predicted molar refractivity (Wildman–Crippen MR) is 73.5 cm³/mol. The molecule has 0 amide bonds. The van der Waals surface area contributed by atoms with Crippen LogP contribution in [0, 0.1) is 10.1 Å². The third kappa shape index (κ3) is 3.44. The van der Waals surface area contributed by atoms with E-state index in [0.29, 0.717) is 5.56 Å². The number of hydrogen-bond donors (Lipinski definition) is 2. The molecule has 2 aromatic carbocycles. The Labute approximate surface area is 119 Å². The Morgan fingerprint density at radius 1 is 1.24 bits per heavy atom. The van der Waals surface area contributed by atoms with E-state index in [2.05, 4.69) is 5.32 Å². The van der Waals surface area contributed by atoms with Crippen molar-refractivity contribution in [2.75, 3.05) is 5.32 Å². The Kier molecular flexibility index (Phi) is 4.32. The fraction of sp³-hybridized carbons (Fsp3) is 0.143. The summed E-state index contributed by atoms with van der Waals surface area (Å²) in [5.41, 5.74) is -0.201. The van der Waals surface area contributed by atoms with Gasteiger partial charge in [0.1, 0.15) is 5.75 Å². The molecule has 0 radical (unpaired) electrons. The van der Waals surface area contributed by atoms with Crippen molar-refractivity contribution >= 4 is 11.4 Å². The number of nitro benzene ring substituents is 1. The highest BCUT2D eigenvalue weighted by atomic mass is 19.3. The summed E-state index contributed by atoms with van der Waals surface area (Å²) >= 11 is 0. The lowest BCUT2D eigenvalue weighted by Gasteiger charge is -2.12. The van der Waals surface area contributed by atoms with E-state index in [1.165, 1.54) is 12.1 Å². The smallest absolute Gasteiger partial charge is 0.270 e. The van der Waals surface area contributed by atoms with Crippen LogP contribution in [0.1, 0.15) is 17.6 Å². The molecule has 2 rings (SSSR count). The highest BCUT2D eigenvalue weighted by molar-refractivity contribution is 5.57. The number of halogens is 2. The SMILES string of the molecule is O=[N+]([O-])c1ccc(NCc2ccccc2O)c(C(F)F)c1. The summed E-state index contributed by atoms with van der Waals surface area (Å²) < 4.78 is 25.9. The Morgan fingerprint density at radius 3 is 2.57 bits per heavy atom. The van der Waals surface area contributed by atoms with Crippen LogP contribution >= 0.6 is 0 Å². The zero-order valence-corrected chi connectivity index (χ0v) is 10.8. The number of anilines is 1. The van der Waals surface area contributed by atoms with Gasteiger partial charge < -0.3 is 10.4 Å². The maximum absolute atomic E-state index is 13.0. The van der Waals surface area contributed by atoms with Crippen molar-refractivity contribution < 1.29 is 18.8 Å². The number of benzene rings is 2. The van der Waals surface area contributed by atoms with Crippen LogP contribution in [-0.2, 0) is 6.54 Å². The van der Waals surface area contributed by atoms with Gasteiger partial charge in [0, 0.05) is 35.5 Å². The molecule has 110 valence electrons. The number of phenolic OH excluding ortho intramolecular Hbond substituents is 1. The largest absolute Gasteiger partial charge is 0.508 e. The molecule has 0 bridgehead atoms.